The summed E-state index contributed by atoms with van der Waals surface area (Å²) in [5, 5.41) is 16.6. The van der Waals surface area contributed by atoms with Crippen molar-refractivity contribution in [3.8, 4) is 11.8 Å². The van der Waals surface area contributed by atoms with E-state index in [-0.39, 0.29) is 0 Å². The molecule has 1 aromatic heterocycles. The fourth-order valence-corrected chi connectivity index (χ4v) is 1.96. The molecule has 1 N–H and O–H groups in total. The molecule has 98 valence electrons. The van der Waals surface area contributed by atoms with E-state index in [0.717, 1.165) is 22.8 Å². The lowest BCUT2D eigenvalue weighted by Gasteiger charge is -2.08. The monoisotopic (exact) mass is 256 g/mol. The van der Waals surface area contributed by atoms with Gasteiger partial charge in [0.1, 0.15) is 23.2 Å². The molecule has 0 aliphatic heterocycles. The highest BCUT2D eigenvalue weighted by atomic mass is 16.5. The van der Waals surface area contributed by atoms with Gasteiger partial charge >= 0.3 is 0 Å². The molecule has 0 unspecified atom stereocenters. The molecule has 1 heterocycles. The highest BCUT2D eigenvalue weighted by molar-refractivity contribution is 5.55. The Kier molecular flexibility index (Phi) is 3.71. The molecule has 0 fully saturated rings. The van der Waals surface area contributed by atoms with Crippen molar-refractivity contribution < 1.29 is 4.74 Å². The van der Waals surface area contributed by atoms with E-state index in [9.17, 15) is 0 Å². The van der Waals surface area contributed by atoms with Gasteiger partial charge in [0.15, 0.2) is 0 Å². The highest BCUT2D eigenvalue weighted by Crippen LogP contribution is 2.19. The van der Waals surface area contributed by atoms with Gasteiger partial charge in [-0.15, -0.1) is 0 Å². The van der Waals surface area contributed by atoms with Crippen molar-refractivity contribution in [3.05, 3.63) is 41.1 Å². The lowest BCUT2D eigenvalue weighted by atomic mass is 10.2. The summed E-state index contributed by atoms with van der Waals surface area (Å²) in [5.41, 5.74) is 2.41. The minimum atomic E-state index is 0.588. The summed E-state index contributed by atoms with van der Waals surface area (Å²) in [5.74, 6) is 1.56. The number of nitriles is 1. The lowest BCUT2D eigenvalue weighted by molar-refractivity contribution is 0.414. The van der Waals surface area contributed by atoms with Crippen LogP contribution in [0.3, 0.4) is 0 Å². The Hall–Kier alpha value is -2.48. The number of rotatable bonds is 4. The van der Waals surface area contributed by atoms with Gasteiger partial charge in [-0.25, -0.2) is 0 Å². The average molecular weight is 256 g/mol. The average Bonchev–Trinajstić information content (AvgIpc) is 2.70. The molecular formula is C14H16N4O. The number of anilines is 1. The fraction of sp³-hybridized carbons (Fsp3) is 0.286. The van der Waals surface area contributed by atoms with Crippen LogP contribution in [-0.4, -0.2) is 16.9 Å². The van der Waals surface area contributed by atoms with Crippen molar-refractivity contribution in [1.82, 2.24) is 9.78 Å². The van der Waals surface area contributed by atoms with Gasteiger partial charge in [-0.1, -0.05) is 12.1 Å². The van der Waals surface area contributed by atoms with Crippen LogP contribution >= 0.6 is 0 Å². The van der Waals surface area contributed by atoms with Crippen LogP contribution in [0.2, 0.25) is 0 Å². The van der Waals surface area contributed by atoms with Gasteiger partial charge in [0, 0.05) is 13.6 Å². The van der Waals surface area contributed by atoms with E-state index in [1.165, 1.54) is 0 Å². The minimum absolute atomic E-state index is 0.588. The minimum Gasteiger partial charge on any atom is -0.497 e. The van der Waals surface area contributed by atoms with Crippen molar-refractivity contribution in [2.45, 2.75) is 13.5 Å². The predicted octanol–water partition coefficient (Wildman–Crippen LogP) is 2.22. The summed E-state index contributed by atoms with van der Waals surface area (Å²) in [6.07, 6.45) is 0. The Bertz CT molecular complexity index is 625. The van der Waals surface area contributed by atoms with Crippen LogP contribution in [0.1, 0.15) is 16.8 Å². The SMILES string of the molecule is COc1cccc(CNc2c(C#N)c(C)nn2C)c1. The second kappa shape index (κ2) is 5.44. The maximum atomic E-state index is 9.13. The topological polar surface area (TPSA) is 62.9 Å². The number of hydrogen-bond donors (Lipinski definition) is 1. The van der Waals surface area contributed by atoms with Gasteiger partial charge in [-0.05, 0) is 24.6 Å². The Labute approximate surface area is 112 Å². The van der Waals surface area contributed by atoms with E-state index in [1.54, 1.807) is 11.8 Å². The summed E-state index contributed by atoms with van der Waals surface area (Å²) in [6.45, 7) is 2.44. The van der Waals surface area contributed by atoms with E-state index < -0.39 is 0 Å². The molecule has 0 saturated carbocycles. The van der Waals surface area contributed by atoms with Crippen LogP contribution in [0.25, 0.3) is 0 Å². The van der Waals surface area contributed by atoms with Crippen LogP contribution in [0.15, 0.2) is 24.3 Å². The zero-order valence-electron chi connectivity index (χ0n) is 11.3. The van der Waals surface area contributed by atoms with E-state index in [4.69, 9.17) is 10.00 Å². The molecule has 2 rings (SSSR count). The summed E-state index contributed by atoms with van der Waals surface area (Å²) >= 11 is 0. The zero-order chi connectivity index (χ0) is 13.8. The molecular weight excluding hydrogens is 240 g/mol. The standard InChI is InChI=1S/C14H16N4O/c1-10-13(8-15)14(18(2)17-10)16-9-11-5-4-6-12(7-11)19-3/h4-7,16H,9H2,1-3H3. The zero-order valence-corrected chi connectivity index (χ0v) is 11.3. The normalized spacial score (nSPS) is 10.0. The van der Waals surface area contributed by atoms with Gasteiger partial charge in [0.05, 0.1) is 12.8 Å². The largest absolute Gasteiger partial charge is 0.497 e. The van der Waals surface area contributed by atoms with E-state index in [0.29, 0.717) is 12.1 Å². The molecule has 0 radical (unpaired) electrons. The summed E-state index contributed by atoms with van der Waals surface area (Å²) in [7, 11) is 3.46. The molecule has 19 heavy (non-hydrogen) atoms. The first kappa shape index (κ1) is 13.0. The molecule has 0 bridgehead atoms. The van der Waals surface area contributed by atoms with E-state index in [2.05, 4.69) is 16.5 Å². The van der Waals surface area contributed by atoms with Crippen molar-refractivity contribution >= 4 is 5.82 Å². The van der Waals surface area contributed by atoms with Gasteiger partial charge < -0.3 is 10.1 Å². The smallest absolute Gasteiger partial charge is 0.142 e. The van der Waals surface area contributed by atoms with E-state index >= 15 is 0 Å². The van der Waals surface area contributed by atoms with Crippen molar-refractivity contribution in [2.24, 2.45) is 7.05 Å². The quantitative estimate of drug-likeness (QED) is 0.911. The summed E-state index contributed by atoms with van der Waals surface area (Å²) < 4.78 is 6.87. The third-order valence-electron chi connectivity index (χ3n) is 2.93. The van der Waals surface area contributed by atoms with Crippen LogP contribution in [0.5, 0.6) is 5.75 Å². The van der Waals surface area contributed by atoms with Crippen molar-refractivity contribution in [1.29, 1.82) is 5.26 Å². The Morgan fingerprint density at radius 3 is 2.95 bits per heavy atom. The molecule has 0 aliphatic rings. The summed E-state index contributed by atoms with van der Waals surface area (Å²) in [6, 6.07) is 9.98. The summed E-state index contributed by atoms with van der Waals surface area (Å²) in [4.78, 5) is 0. The second-order valence-corrected chi connectivity index (χ2v) is 4.25. The molecule has 0 spiro atoms. The first-order valence-electron chi connectivity index (χ1n) is 5.96. The molecule has 0 saturated heterocycles. The van der Waals surface area contributed by atoms with Crippen molar-refractivity contribution in [3.63, 3.8) is 0 Å². The van der Waals surface area contributed by atoms with Gasteiger partial charge in [0.25, 0.3) is 0 Å². The van der Waals surface area contributed by atoms with E-state index in [1.807, 2.05) is 38.2 Å². The molecule has 2 aromatic rings. The number of aromatic nitrogens is 2. The van der Waals surface area contributed by atoms with Gasteiger partial charge in [-0.3, -0.25) is 4.68 Å². The lowest BCUT2D eigenvalue weighted by Crippen LogP contribution is -2.05. The van der Waals surface area contributed by atoms with Crippen molar-refractivity contribution in [2.75, 3.05) is 12.4 Å². The highest BCUT2D eigenvalue weighted by Gasteiger charge is 2.12. The number of methoxy groups -OCH3 is 1. The maximum Gasteiger partial charge on any atom is 0.142 e. The van der Waals surface area contributed by atoms with Crippen LogP contribution in [-0.2, 0) is 13.6 Å². The molecule has 0 amide bonds. The predicted molar refractivity (Wildman–Crippen MR) is 73.0 cm³/mol. The number of nitrogens with zero attached hydrogens (tertiary/aromatic N) is 3. The van der Waals surface area contributed by atoms with Crippen LogP contribution in [0, 0.1) is 18.3 Å². The number of nitrogens with one attached hydrogen (secondary N) is 1. The first-order chi connectivity index (χ1) is 9.15. The number of aryl methyl sites for hydroxylation is 2. The Balaban J connectivity index is 2.17. The van der Waals surface area contributed by atoms with Crippen LogP contribution in [0.4, 0.5) is 5.82 Å². The maximum absolute atomic E-state index is 9.13. The molecule has 5 heteroatoms. The van der Waals surface area contributed by atoms with Gasteiger partial charge in [-0.2, -0.15) is 10.4 Å². The fourth-order valence-electron chi connectivity index (χ4n) is 1.96. The number of hydrogen-bond acceptors (Lipinski definition) is 4. The molecule has 5 nitrogen and oxygen atoms in total. The molecule has 0 aliphatic carbocycles. The first-order valence-corrected chi connectivity index (χ1v) is 5.96. The van der Waals surface area contributed by atoms with Gasteiger partial charge in [0.2, 0.25) is 0 Å². The third kappa shape index (κ3) is 2.68. The number of ether oxygens (including phenoxy) is 1. The second-order valence-electron chi connectivity index (χ2n) is 4.25. The Morgan fingerprint density at radius 1 is 1.47 bits per heavy atom. The Morgan fingerprint density at radius 2 is 2.26 bits per heavy atom. The molecule has 1 aromatic carbocycles. The molecule has 0 atom stereocenters. The number of benzene rings is 1. The third-order valence-corrected chi connectivity index (χ3v) is 2.93. The van der Waals surface area contributed by atoms with Crippen LogP contribution < -0.4 is 10.1 Å².